The van der Waals surface area contributed by atoms with Gasteiger partial charge in [-0.2, -0.15) is 4.31 Å². The molecule has 2 aromatic rings. The van der Waals surface area contributed by atoms with Gasteiger partial charge in [0.25, 0.3) is 0 Å². The van der Waals surface area contributed by atoms with Crippen molar-refractivity contribution in [1.82, 2.24) is 9.21 Å². The van der Waals surface area contributed by atoms with Gasteiger partial charge in [0, 0.05) is 26.2 Å². The van der Waals surface area contributed by atoms with E-state index in [0.29, 0.717) is 51.6 Å². The first-order chi connectivity index (χ1) is 16.2. The van der Waals surface area contributed by atoms with Crippen LogP contribution in [-0.2, 0) is 34.3 Å². The van der Waals surface area contributed by atoms with Crippen molar-refractivity contribution < 1.29 is 27.4 Å². The molecule has 0 atom stereocenters. The van der Waals surface area contributed by atoms with Crippen molar-refractivity contribution in [3.63, 3.8) is 0 Å². The Hall–Kier alpha value is -2.78. The Morgan fingerprint density at radius 2 is 1.76 bits per heavy atom. The average Bonchev–Trinajstić information content (AvgIpc) is 2.79. The monoisotopic (exact) mass is 490 g/mol. The van der Waals surface area contributed by atoms with Crippen LogP contribution in [-0.4, -0.2) is 62.4 Å². The Bertz CT molecular complexity index is 1090. The van der Waals surface area contributed by atoms with E-state index < -0.39 is 10.0 Å². The number of ether oxygens (including phenoxy) is 3. The maximum atomic E-state index is 12.2. The van der Waals surface area contributed by atoms with Crippen LogP contribution >= 0.6 is 0 Å². The smallest absolute Gasteiger partial charge is 0.410 e. The molecule has 3 rings (SSSR count). The first-order valence-corrected chi connectivity index (χ1v) is 13.4. The molecule has 1 heterocycles. The average molecular weight is 491 g/mol. The van der Waals surface area contributed by atoms with E-state index in [1.54, 1.807) is 4.90 Å². The van der Waals surface area contributed by atoms with E-state index >= 15 is 0 Å². The maximum absolute atomic E-state index is 12.2. The van der Waals surface area contributed by atoms with Gasteiger partial charge in [-0.1, -0.05) is 18.2 Å². The van der Waals surface area contributed by atoms with E-state index in [1.165, 1.54) is 10.6 Å². The van der Waals surface area contributed by atoms with Gasteiger partial charge in [0.05, 0.1) is 12.4 Å². The minimum absolute atomic E-state index is 0.159. The third-order valence-corrected chi connectivity index (χ3v) is 6.74. The summed E-state index contributed by atoms with van der Waals surface area (Å²) in [5.41, 5.74) is 3.08. The highest BCUT2D eigenvalue weighted by atomic mass is 32.2. The highest BCUT2D eigenvalue weighted by Crippen LogP contribution is 2.25. The van der Waals surface area contributed by atoms with Crippen LogP contribution in [0.5, 0.6) is 11.5 Å². The molecule has 0 radical (unpaired) electrons. The van der Waals surface area contributed by atoms with E-state index in [9.17, 15) is 13.2 Å². The lowest BCUT2D eigenvalue weighted by Gasteiger charge is -2.27. The molecule has 1 amide bonds. The molecular formula is C25H34N2O6S. The SMILES string of the molecule is CCN(Cc1cccc(OCCOc2ccc3c(c2)CCN(S(C)(=O)=O)C3)c1)C(=O)OC(C)C. The lowest BCUT2D eigenvalue weighted by Crippen LogP contribution is -2.35. The fourth-order valence-corrected chi connectivity index (χ4v) is 4.53. The summed E-state index contributed by atoms with van der Waals surface area (Å²) in [7, 11) is -3.18. The summed E-state index contributed by atoms with van der Waals surface area (Å²) in [5.74, 6) is 1.45. The predicted molar refractivity (Wildman–Crippen MR) is 131 cm³/mol. The van der Waals surface area contributed by atoms with Crippen LogP contribution in [0.15, 0.2) is 42.5 Å². The lowest BCUT2D eigenvalue weighted by molar-refractivity contribution is 0.0762. The molecule has 0 saturated heterocycles. The number of rotatable bonds is 10. The zero-order valence-corrected chi connectivity index (χ0v) is 21.1. The van der Waals surface area contributed by atoms with Gasteiger partial charge >= 0.3 is 6.09 Å². The Morgan fingerprint density at radius 1 is 1.06 bits per heavy atom. The number of carbonyl (C=O) groups is 1. The molecule has 8 nitrogen and oxygen atoms in total. The second-order valence-corrected chi connectivity index (χ2v) is 10.6. The number of amides is 1. The van der Waals surface area contributed by atoms with E-state index in [0.717, 1.165) is 22.4 Å². The summed E-state index contributed by atoms with van der Waals surface area (Å²) in [6.45, 7) is 8.21. The maximum Gasteiger partial charge on any atom is 0.410 e. The third-order valence-electron chi connectivity index (χ3n) is 5.49. The molecule has 1 aliphatic rings. The van der Waals surface area contributed by atoms with Crippen LogP contribution in [0.1, 0.15) is 37.5 Å². The molecule has 0 saturated carbocycles. The van der Waals surface area contributed by atoms with Crippen LogP contribution in [0.3, 0.4) is 0 Å². The number of fused-ring (bicyclic) bond motifs is 1. The van der Waals surface area contributed by atoms with Gasteiger partial charge in [-0.05, 0) is 68.1 Å². The third kappa shape index (κ3) is 7.36. The zero-order chi connectivity index (χ0) is 24.7. The number of benzene rings is 2. The molecule has 0 aromatic heterocycles. The van der Waals surface area contributed by atoms with Gasteiger partial charge in [-0.15, -0.1) is 0 Å². The fourth-order valence-electron chi connectivity index (χ4n) is 3.73. The first kappa shape index (κ1) is 25.8. The van der Waals surface area contributed by atoms with Gasteiger partial charge in [0.2, 0.25) is 10.0 Å². The Labute approximate surface area is 202 Å². The molecular weight excluding hydrogens is 456 g/mol. The summed E-state index contributed by atoms with van der Waals surface area (Å²) >= 11 is 0. The Balaban J connectivity index is 1.49. The molecule has 186 valence electrons. The van der Waals surface area contributed by atoms with Gasteiger partial charge < -0.3 is 19.1 Å². The zero-order valence-electron chi connectivity index (χ0n) is 20.3. The summed E-state index contributed by atoms with van der Waals surface area (Å²) in [5, 5.41) is 0. The van der Waals surface area contributed by atoms with Crippen LogP contribution in [0.4, 0.5) is 4.79 Å². The van der Waals surface area contributed by atoms with E-state index in [2.05, 4.69) is 0 Å². The standard InChI is InChI=1S/C25H34N2O6S/c1-5-26(25(28)33-19(2)3)17-20-7-6-8-23(15-20)31-13-14-32-24-10-9-22-18-27(34(4,29)30)12-11-21(22)16-24/h6-10,15-16,19H,5,11-14,17-18H2,1-4H3. The molecule has 0 unspecified atom stereocenters. The summed E-state index contributed by atoms with van der Waals surface area (Å²) in [6, 6.07) is 13.4. The molecule has 0 fully saturated rings. The van der Waals surface area contributed by atoms with Crippen LogP contribution in [0.25, 0.3) is 0 Å². The van der Waals surface area contributed by atoms with Crippen LogP contribution in [0.2, 0.25) is 0 Å². The molecule has 2 aromatic carbocycles. The molecule has 0 aliphatic carbocycles. The second kappa shape index (κ2) is 11.6. The van der Waals surface area contributed by atoms with Crippen molar-refractivity contribution in [3.8, 4) is 11.5 Å². The van der Waals surface area contributed by atoms with E-state index in [-0.39, 0.29) is 12.2 Å². The summed E-state index contributed by atoms with van der Waals surface area (Å²) in [6.07, 6.45) is 1.42. The normalized spacial score (nSPS) is 13.9. The van der Waals surface area contributed by atoms with Crippen molar-refractivity contribution >= 4 is 16.1 Å². The summed E-state index contributed by atoms with van der Waals surface area (Å²) < 4.78 is 42.0. The van der Waals surface area contributed by atoms with Crippen LogP contribution < -0.4 is 9.47 Å². The van der Waals surface area contributed by atoms with Gasteiger partial charge in [0.15, 0.2) is 0 Å². The lowest BCUT2D eigenvalue weighted by atomic mass is 10.0. The second-order valence-electron chi connectivity index (χ2n) is 8.57. The van der Waals surface area contributed by atoms with Gasteiger partial charge in [-0.3, -0.25) is 0 Å². The molecule has 34 heavy (non-hydrogen) atoms. The van der Waals surface area contributed by atoms with Crippen molar-refractivity contribution in [1.29, 1.82) is 0 Å². The van der Waals surface area contributed by atoms with Crippen molar-refractivity contribution in [2.45, 2.75) is 46.4 Å². The molecule has 0 bridgehead atoms. The molecule has 0 spiro atoms. The fraction of sp³-hybridized carbons (Fsp3) is 0.480. The molecule has 1 aliphatic heterocycles. The van der Waals surface area contributed by atoms with E-state index in [1.807, 2.05) is 63.2 Å². The largest absolute Gasteiger partial charge is 0.490 e. The highest BCUT2D eigenvalue weighted by molar-refractivity contribution is 7.88. The summed E-state index contributed by atoms with van der Waals surface area (Å²) in [4.78, 5) is 13.8. The predicted octanol–water partition coefficient (Wildman–Crippen LogP) is 3.83. The number of hydrogen-bond donors (Lipinski definition) is 0. The quantitative estimate of drug-likeness (QED) is 0.471. The van der Waals surface area contributed by atoms with Crippen LogP contribution in [0, 0.1) is 0 Å². The minimum Gasteiger partial charge on any atom is -0.490 e. The van der Waals surface area contributed by atoms with Gasteiger partial charge in [0.1, 0.15) is 24.7 Å². The minimum atomic E-state index is -3.18. The number of sulfonamides is 1. The van der Waals surface area contributed by atoms with Crippen molar-refractivity contribution in [2.75, 3.05) is 32.6 Å². The first-order valence-electron chi connectivity index (χ1n) is 11.5. The van der Waals surface area contributed by atoms with Crippen molar-refractivity contribution in [2.24, 2.45) is 0 Å². The number of nitrogens with zero attached hydrogens (tertiary/aromatic N) is 2. The van der Waals surface area contributed by atoms with E-state index in [4.69, 9.17) is 14.2 Å². The van der Waals surface area contributed by atoms with Gasteiger partial charge in [-0.25, -0.2) is 13.2 Å². The number of hydrogen-bond acceptors (Lipinski definition) is 6. The molecule has 9 heteroatoms. The highest BCUT2D eigenvalue weighted by Gasteiger charge is 2.23. The Kier molecular flexibility index (Phi) is 8.79. The Morgan fingerprint density at radius 3 is 2.41 bits per heavy atom. The topological polar surface area (TPSA) is 85.4 Å². The van der Waals surface area contributed by atoms with Crippen molar-refractivity contribution in [3.05, 3.63) is 59.2 Å². The molecule has 0 N–H and O–H groups in total. The number of carbonyl (C=O) groups excluding carboxylic acids is 1.